The maximum absolute atomic E-state index is 12.6. The summed E-state index contributed by atoms with van der Waals surface area (Å²) in [6.45, 7) is 3.42. The van der Waals surface area contributed by atoms with E-state index < -0.39 is 0 Å². The van der Waals surface area contributed by atoms with Gasteiger partial charge in [-0.25, -0.2) is 4.79 Å². The van der Waals surface area contributed by atoms with Crippen LogP contribution < -0.4 is 10.1 Å². The van der Waals surface area contributed by atoms with E-state index in [0.29, 0.717) is 6.54 Å². The van der Waals surface area contributed by atoms with Gasteiger partial charge in [0, 0.05) is 13.1 Å². The van der Waals surface area contributed by atoms with Crippen LogP contribution in [0.1, 0.15) is 35.6 Å². The molecule has 0 spiro atoms. The number of nitrogens with one attached hydrogen (secondary N) is 1. The first-order valence-corrected chi connectivity index (χ1v) is 8.41. The fraction of sp³-hybridized carbons (Fsp3) is 0.350. The molecule has 1 aliphatic rings. The molecule has 0 aromatic heterocycles. The maximum atomic E-state index is 12.6. The Morgan fingerprint density at radius 1 is 1.17 bits per heavy atom. The van der Waals surface area contributed by atoms with Gasteiger partial charge in [0.15, 0.2) is 0 Å². The molecule has 2 aromatic rings. The predicted octanol–water partition coefficient (Wildman–Crippen LogP) is 4.05. The summed E-state index contributed by atoms with van der Waals surface area (Å²) in [5.74, 6) is 0.840. The molecule has 3 rings (SSSR count). The van der Waals surface area contributed by atoms with Gasteiger partial charge in [-0.2, -0.15) is 0 Å². The Bertz CT molecular complexity index is 680. The molecule has 2 aromatic carbocycles. The third kappa shape index (κ3) is 3.70. The molecule has 0 unspecified atom stereocenters. The Morgan fingerprint density at radius 2 is 1.88 bits per heavy atom. The lowest BCUT2D eigenvalue weighted by molar-refractivity contribution is 0.192. The Kier molecular flexibility index (Phi) is 5.04. The highest BCUT2D eigenvalue weighted by Crippen LogP contribution is 2.32. The van der Waals surface area contributed by atoms with Crippen molar-refractivity contribution in [1.82, 2.24) is 10.2 Å². The van der Waals surface area contributed by atoms with Crippen LogP contribution >= 0.6 is 0 Å². The van der Waals surface area contributed by atoms with Crippen LogP contribution in [-0.4, -0.2) is 24.6 Å². The third-order valence-corrected chi connectivity index (χ3v) is 4.58. The second kappa shape index (κ2) is 7.39. The lowest BCUT2D eigenvalue weighted by Gasteiger charge is -2.25. The average molecular weight is 324 g/mol. The average Bonchev–Trinajstić information content (AvgIpc) is 3.11. The summed E-state index contributed by atoms with van der Waals surface area (Å²) in [5.41, 5.74) is 3.51. The van der Waals surface area contributed by atoms with E-state index in [0.717, 1.165) is 30.7 Å². The maximum Gasteiger partial charge on any atom is 0.318 e. The zero-order valence-corrected chi connectivity index (χ0v) is 14.3. The summed E-state index contributed by atoms with van der Waals surface area (Å²) >= 11 is 0. The highest BCUT2D eigenvalue weighted by atomic mass is 16.5. The van der Waals surface area contributed by atoms with Gasteiger partial charge in [0.25, 0.3) is 0 Å². The number of methoxy groups -OCH3 is 1. The molecule has 0 radical (unpaired) electrons. The summed E-state index contributed by atoms with van der Waals surface area (Å²) in [6.07, 6.45) is 2.04. The molecule has 4 nitrogen and oxygen atoms in total. The SMILES string of the molecule is COc1ccc([C@H]2CCCN2C(=O)NCc2ccc(C)cc2)cc1. The number of ether oxygens (including phenoxy) is 1. The molecule has 0 bridgehead atoms. The number of amides is 2. The second-order valence-electron chi connectivity index (χ2n) is 6.27. The molecule has 1 N–H and O–H groups in total. The summed E-state index contributed by atoms with van der Waals surface area (Å²) in [7, 11) is 1.66. The molecular formula is C20H24N2O2. The minimum absolute atomic E-state index is 0.00823. The largest absolute Gasteiger partial charge is 0.497 e. The minimum atomic E-state index is 0.00823. The number of likely N-dealkylation sites (tertiary alicyclic amines) is 1. The van der Waals surface area contributed by atoms with Crippen LogP contribution in [0.25, 0.3) is 0 Å². The van der Waals surface area contributed by atoms with E-state index in [1.165, 1.54) is 11.1 Å². The van der Waals surface area contributed by atoms with Crippen molar-refractivity contribution < 1.29 is 9.53 Å². The molecule has 0 saturated carbocycles. The quantitative estimate of drug-likeness (QED) is 0.922. The summed E-state index contributed by atoms with van der Waals surface area (Å²) in [4.78, 5) is 14.5. The summed E-state index contributed by atoms with van der Waals surface area (Å²) in [5, 5.41) is 3.04. The van der Waals surface area contributed by atoms with Gasteiger partial charge >= 0.3 is 6.03 Å². The van der Waals surface area contributed by atoms with E-state index in [9.17, 15) is 4.79 Å². The van der Waals surface area contributed by atoms with Crippen molar-refractivity contribution in [3.8, 4) is 5.75 Å². The van der Waals surface area contributed by atoms with E-state index in [4.69, 9.17) is 4.74 Å². The first-order valence-electron chi connectivity index (χ1n) is 8.41. The molecule has 126 valence electrons. The number of carbonyl (C=O) groups excluding carboxylic acids is 1. The van der Waals surface area contributed by atoms with Crippen molar-refractivity contribution in [3.05, 3.63) is 65.2 Å². The lowest BCUT2D eigenvalue weighted by atomic mass is 10.0. The molecule has 1 aliphatic heterocycles. The molecule has 2 amide bonds. The standard InChI is InChI=1S/C20H24N2O2/c1-15-5-7-16(8-6-15)14-21-20(23)22-13-3-4-19(22)17-9-11-18(24-2)12-10-17/h5-12,19H,3-4,13-14H2,1-2H3,(H,21,23)/t19-/m1/s1. The first-order chi connectivity index (χ1) is 11.7. The number of hydrogen-bond donors (Lipinski definition) is 1. The minimum Gasteiger partial charge on any atom is -0.497 e. The van der Waals surface area contributed by atoms with Crippen molar-refractivity contribution in [1.29, 1.82) is 0 Å². The molecule has 24 heavy (non-hydrogen) atoms. The number of aryl methyl sites for hydroxylation is 1. The van der Waals surface area contributed by atoms with Gasteiger partial charge in [-0.1, -0.05) is 42.0 Å². The van der Waals surface area contributed by atoms with Gasteiger partial charge in [-0.15, -0.1) is 0 Å². The molecular weight excluding hydrogens is 300 g/mol. The number of carbonyl (C=O) groups is 1. The fourth-order valence-electron chi connectivity index (χ4n) is 3.17. The number of rotatable bonds is 4. The zero-order valence-electron chi connectivity index (χ0n) is 14.3. The van der Waals surface area contributed by atoms with Gasteiger partial charge < -0.3 is 15.0 Å². The van der Waals surface area contributed by atoms with Crippen molar-refractivity contribution in [2.24, 2.45) is 0 Å². The van der Waals surface area contributed by atoms with Gasteiger partial charge in [0.1, 0.15) is 5.75 Å². The normalized spacial score (nSPS) is 16.9. The van der Waals surface area contributed by atoms with Crippen LogP contribution in [0.3, 0.4) is 0 Å². The predicted molar refractivity (Wildman–Crippen MR) is 95.1 cm³/mol. The van der Waals surface area contributed by atoms with Crippen LogP contribution in [0.2, 0.25) is 0 Å². The summed E-state index contributed by atoms with van der Waals surface area (Å²) in [6, 6.07) is 16.4. The van der Waals surface area contributed by atoms with Gasteiger partial charge in [0.05, 0.1) is 13.2 Å². The van der Waals surface area contributed by atoms with E-state index >= 15 is 0 Å². The van der Waals surface area contributed by atoms with Crippen LogP contribution in [0.15, 0.2) is 48.5 Å². The van der Waals surface area contributed by atoms with E-state index in [1.54, 1.807) is 7.11 Å². The monoisotopic (exact) mass is 324 g/mol. The van der Waals surface area contributed by atoms with Gasteiger partial charge in [-0.3, -0.25) is 0 Å². The van der Waals surface area contributed by atoms with Crippen LogP contribution in [0.4, 0.5) is 4.79 Å². The smallest absolute Gasteiger partial charge is 0.318 e. The molecule has 1 atom stereocenters. The lowest BCUT2D eigenvalue weighted by Crippen LogP contribution is -2.39. The summed E-state index contributed by atoms with van der Waals surface area (Å²) < 4.78 is 5.21. The number of hydrogen-bond acceptors (Lipinski definition) is 2. The van der Waals surface area contributed by atoms with Gasteiger partial charge in [-0.05, 0) is 43.0 Å². The highest BCUT2D eigenvalue weighted by Gasteiger charge is 2.29. The van der Waals surface area contributed by atoms with Crippen molar-refractivity contribution >= 4 is 6.03 Å². The number of nitrogens with zero attached hydrogens (tertiary/aromatic N) is 1. The molecule has 0 aliphatic carbocycles. The molecule has 1 saturated heterocycles. The third-order valence-electron chi connectivity index (χ3n) is 4.58. The molecule has 4 heteroatoms. The van der Waals surface area contributed by atoms with Crippen molar-refractivity contribution in [2.75, 3.05) is 13.7 Å². The Hall–Kier alpha value is -2.49. The fourth-order valence-corrected chi connectivity index (χ4v) is 3.17. The molecule has 1 heterocycles. The van der Waals surface area contributed by atoms with E-state index in [1.807, 2.05) is 17.0 Å². The van der Waals surface area contributed by atoms with Crippen molar-refractivity contribution in [3.63, 3.8) is 0 Å². The first kappa shape index (κ1) is 16.4. The van der Waals surface area contributed by atoms with E-state index in [2.05, 4.69) is 48.6 Å². The topological polar surface area (TPSA) is 41.6 Å². The Labute approximate surface area is 143 Å². The Balaban J connectivity index is 1.63. The Morgan fingerprint density at radius 3 is 2.54 bits per heavy atom. The molecule has 1 fully saturated rings. The highest BCUT2D eigenvalue weighted by molar-refractivity contribution is 5.75. The van der Waals surface area contributed by atoms with Crippen LogP contribution in [0, 0.1) is 6.92 Å². The van der Waals surface area contributed by atoms with Gasteiger partial charge in [0.2, 0.25) is 0 Å². The second-order valence-corrected chi connectivity index (χ2v) is 6.27. The number of benzene rings is 2. The van der Waals surface area contributed by atoms with Crippen LogP contribution in [-0.2, 0) is 6.54 Å². The van der Waals surface area contributed by atoms with E-state index in [-0.39, 0.29) is 12.1 Å². The zero-order chi connectivity index (χ0) is 16.9. The number of urea groups is 1. The van der Waals surface area contributed by atoms with Crippen molar-refractivity contribution in [2.45, 2.75) is 32.4 Å². The van der Waals surface area contributed by atoms with Crippen LogP contribution in [0.5, 0.6) is 5.75 Å².